The van der Waals surface area contributed by atoms with Crippen LogP contribution in [0, 0.1) is 0 Å². The molecule has 1 unspecified atom stereocenters. The Kier molecular flexibility index (Phi) is 6.49. The molecule has 3 rings (SSSR count). The normalized spacial score (nSPS) is 22.1. The van der Waals surface area contributed by atoms with Gasteiger partial charge >= 0.3 is 0 Å². The van der Waals surface area contributed by atoms with Crippen LogP contribution in [0.15, 0.2) is 24.3 Å². The molecule has 1 aromatic carbocycles. The molecule has 24 heavy (non-hydrogen) atoms. The summed E-state index contributed by atoms with van der Waals surface area (Å²) in [5.41, 5.74) is 0.791. The first-order valence-corrected chi connectivity index (χ1v) is 9.16. The third kappa shape index (κ3) is 5.49. The summed E-state index contributed by atoms with van der Waals surface area (Å²) in [7, 11) is 0. The summed E-state index contributed by atoms with van der Waals surface area (Å²) < 4.78 is 11.4. The van der Waals surface area contributed by atoms with Crippen molar-refractivity contribution in [3.05, 3.63) is 24.3 Å². The summed E-state index contributed by atoms with van der Waals surface area (Å²) in [5.74, 6) is 0.825. The van der Waals surface area contributed by atoms with Crippen molar-refractivity contribution < 1.29 is 14.3 Å². The Balaban J connectivity index is 1.46. The number of rotatable bonds is 6. The first-order chi connectivity index (χ1) is 11.8. The molecule has 132 valence electrons. The minimum atomic E-state index is 0.0492. The van der Waals surface area contributed by atoms with E-state index in [1.54, 1.807) is 0 Å². The summed E-state index contributed by atoms with van der Waals surface area (Å²) >= 11 is 0. The van der Waals surface area contributed by atoms with Crippen LogP contribution < -0.4 is 10.1 Å². The van der Waals surface area contributed by atoms with E-state index < -0.39 is 0 Å². The van der Waals surface area contributed by atoms with Crippen molar-refractivity contribution in [3.63, 3.8) is 0 Å². The molecule has 5 heteroatoms. The Hall–Kier alpha value is -1.59. The second-order valence-electron chi connectivity index (χ2n) is 6.71. The van der Waals surface area contributed by atoms with E-state index in [-0.39, 0.29) is 12.0 Å². The monoisotopic (exact) mass is 332 g/mol. The molecule has 2 aliphatic rings. The van der Waals surface area contributed by atoms with Crippen LogP contribution in [-0.2, 0) is 9.53 Å². The molecular weight excluding hydrogens is 304 g/mol. The number of ether oxygens (including phenoxy) is 2. The number of nitrogens with one attached hydrogen (secondary N) is 1. The van der Waals surface area contributed by atoms with Crippen molar-refractivity contribution in [2.24, 2.45) is 0 Å². The highest BCUT2D eigenvalue weighted by Crippen LogP contribution is 2.20. The van der Waals surface area contributed by atoms with Crippen LogP contribution in [-0.4, -0.2) is 49.8 Å². The van der Waals surface area contributed by atoms with Crippen LogP contribution in [0.1, 0.15) is 38.5 Å². The highest BCUT2D eigenvalue weighted by atomic mass is 16.5. The smallest absolute Gasteiger partial charge is 0.238 e. The average Bonchev–Trinajstić information content (AvgIpc) is 2.97. The standard InChI is InChI=1S/C19H28N2O3/c22-19(14-21-10-3-1-2-4-11-21)20-16-7-5-8-17(13-16)24-15-18-9-6-12-23-18/h5,7-8,13,18H,1-4,6,9-12,14-15H2,(H,20,22). The quantitative estimate of drug-likeness (QED) is 0.870. The summed E-state index contributed by atoms with van der Waals surface area (Å²) in [5, 5.41) is 2.99. The fraction of sp³-hybridized carbons (Fsp3) is 0.632. The van der Waals surface area contributed by atoms with Crippen molar-refractivity contribution in [2.45, 2.75) is 44.6 Å². The summed E-state index contributed by atoms with van der Waals surface area (Å²) in [6.45, 7) is 3.93. The third-order valence-electron chi connectivity index (χ3n) is 4.64. The molecule has 0 bridgehead atoms. The minimum Gasteiger partial charge on any atom is -0.491 e. The third-order valence-corrected chi connectivity index (χ3v) is 4.64. The second kappa shape index (κ2) is 9.04. The van der Waals surface area contributed by atoms with Crippen molar-refractivity contribution in [1.29, 1.82) is 0 Å². The van der Waals surface area contributed by atoms with Gasteiger partial charge in [0.05, 0.1) is 12.6 Å². The average molecular weight is 332 g/mol. The van der Waals surface area contributed by atoms with Crippen molar-refractivity contribution in [2.75, 3.05) is 38.2 Å². The first-order valence-electron chi connectivity index (χ1n) is 9.16. The Labute approximate surface area is 144 Å². The van der Waals surface area contributed by atoms with Crippen LogP contribution in [0.5, 0.6) is 5.75 Å². The molecule has 2 saturated heterocycles. The van der Waals surface area contributed by atoms with Gasteiger partial charge in [0.15, 0.2) is 0 Å². The Morgan fingerprint density at radius 2 is 2.04 bits per heavy atom. The molecule has 5 nitrogen and oxygen atoms in total. The van der Waals surface area contributed by atoms with E-state index in [1.165, 1.54) is 25.7 Å². The van der Waals surface area contributed by atoms with E-state index in [2.05, 4.69) is 10.2 Å². The van der Waals surface area contributed by atoms with Gasteiger partial charge in [0.2, 0.25) is 5.91 Å². The van der Waals surface area contributed by atoms with Gasteiger partial charge in [0.1, 0.15) is 12.4 Å². The maximum absolute atomic E-state index is 12.3. The lowest BCUT2D eigenvalue weighted by Crippen LogP contribution is -2.33. The lowest BCUT2D eigenvalue weighted by molar-refractivity contribution is -0.117. The van der Waals surface area contributed by atoms with Crippen molar-refractivity contribution in [1.82, 2.24) is 4.90 Å². The van der Waals surface area contributed by atoms with E-state index in [0.29, 0.717) is 13.2 Å². The Morgan fingerprint density at radius 3 is 2.79 bits per heavy atom. The van der Waals surface area contributed by atoms with E-state index in [4.69, 9.17) is 9.47 Å². The molecular formula is C19H28N2O3. The number of benzene rings is 1. The molecule has 0 saturated carbocycles. The highest BCUT2D eigenvalue weighted by molar-refractivity contribution is 5.92. The molecule has 1 atom stereocenters. The van der Waals surface area contributed by atoms with Crippen LogP contribution in [0.3, 0.4) is 0 Å². The van der Waals surface area contributed by atoms with Gasteiger partial charge in [-0.05, 0) is 50.9 Å². The molecule has 1 aromatic rings. The van der Waals surface area contributed by atoms with E-state index in [9.17, 15) is 4.79 Å². The molecule has 2 heterocycles. The van der Waals surface area contributed by atoms with E-state index in [1.807, 2.05) is 24.3 Å². The molecule has 2 aliphatic heterocycles. The molecule has 1 N–H and O–H groups in total. The van der Waals surface area contributed by atoms with Crippen molar-refractivity contribution >= 4 is 11.6 Å². The Bertz CT molecular complexity index is 521. The molecule has 2 fully saturated rings. The zero-order valence-electron chi connectivity index (χ0n) is 14.3. The number of carbonyl (C=O) groups excluding carboxylic acids is 1. The number of hydrogen-bond donors (Lipinski definition) is 1. The predicted octanol–water partition coefficient (Wildman–Crippen LogP) is 3.06. The maximum atomic E-state index is 12.3. The lowest BCUT2D eigenvalue weighted by atomic mass is 10.2. The number of carbonyl (C=O) groups is 1. The van der Waals surface area contributed by atoms with Gasteiger partial charge in [-0.25, -0.2) is 0 Å². The summed E-state index contributed by atoms with van der Waals surface area (Å²) in [6.07, 6.45) is 7.32. The molecule has 0 aromatic heterocycles. The highest BCUT2D eigenvalue weighted by Gasteiger charge is 2.16. The van der Waals surface area contributed by atoms with Crippen LogP contribution in [0.4, 0.5) is 5.69 Å². The maximum Gasteiger partial charge on any atom is 0.238 e. The molecule has 0 aliphatic carbocycles. The zero-order valence-corrected chi connectivity index (χ0v) is 14.3. The van der Waals surface area contributed by atoms with Gasteiger partial charge in [-0.15, -0.1) is 0 Å². The van der Waals surface area contributed by atoms with E-state index >= 15 is 0 Å². The SMILES string of the molecule is O=C(CN1CCCCCC1)Nc1cccc(OCC2CCCO2)c1. The number of amides is 1. The predicted molar refractivity (Wildman–Crippen MR) is 94.4 cm³/mol. The number of nitrogens with zero attached hydrogens (tertiary/aromatic N) is 1. The summed E-state index contributed by atoms with van der Waals surface area (Å²) in [6, 6.07) is 7.61. The van der Waals surface area contributed by atoms with Gasteiger partial charge in [0.25, 0.3) is 0 Å². The number of likely N-dealkylation sites (tertiary alicyclic amines) is 1. The lowest BCUT2D eigenvalue weighted by Gasteiger charge is -2.19. The number of anilines is 1. The largest absolute Gasteiger partial charge is 0.491 e. The van der Waals surface area contributed by atoms with Crippen molar-refractivity contribution in [3.8, 4) is 5.75 Å². The minimum absolute atomic E-state index is 0.0492. The molecule has 0 spiro atoms. The van der Waals surface area contributed by atoms with Crippen LogP contribution >= 0.6 is 0 Å². The van der Waals surface area contributed by atoms with Gasteiger partial charge in [-0.2, -0.15) is 0 Å². The van der Waals surface area contributed by atoms with Gasteiger partial charge in [-0.3, -0.25) is 9.69 Å². The number of hydrogen-bond acceptors (Lipinski definition) is 4. The molecule has 1 amide bonds. The van der Waals surface area contributed by atoms with Gasteiger partial charge in [0, 0.05) is 18.4 Å². The fourth-order valence-electron chi connectivity index (χ4n) is 3.33. The fourth-order valence-corrected chi connectivity index (χ4v) is 3.33. The summed E-state index contributed by atoms with van der Waals surface area (Å²) in [4.78, 5) is 14.5. The van der Waals surface area contributed by atoms with Gasteiger partial charge in [-0.1, -0.05) is 18.9 Å². The van der Waals surface area contributed by atoms with Crippen LogP contribution in [0.25, 0.3) is 0 Å². The molecule has 0 radical (unpaired) electrons. The Morgan fingerprint density at radius 1 is 1.21 bits per heavy atom. The first kappa shape index (κ1) is 17.2. The van der Waals surface area contributed by atoms with E-state index in [0.717, 1.165) is 44.0 Å². The topological polar surface area (TPSA) is 50.8 Å². The van der Waals surface area contributed by atoms with Crippen LogP contribution in [0.2, 0.25) is 0 Å². The second-order valence-corrected chi connectivity index (χ2v) is 6.71. The van der Waals surface area contributed by atoms with Gasteiger partial charge < -0.3 is 14.8 Å². The zero-order chi connectivity index (χ0) is 16.6.